The van der Waals surface area contributed by atoms with Crippen molar-refractivity contribution in [1.29, 1.82) is 0 Å². The molecule has 0 bridgehead atoms. The molecule has 0 unspecified atom stereocenters. The van der Waals surface area contributed by atoms with Gasteiger partial charge in [-0.15, -0.1) is 0 Å². The maximum Gasteiger partial charge on any atom is 0.309 e. The minimum atomic E-state index is -0.918. The minimum Gasteiger partial charge on any atom is -0.481 e. The second-order valence-electron chi connectivity index (χ2n) is 3.98. The van der Waals surface area contributed by atoms with Crippen LogP contribution in [0.4, 0.5) is 0 Å². The minimum absolute atomic E-state index is 0.121. The van der Waals surface area contributed by atoms with E-state index in [1.165, 1.54) is 11.2 Å². The second-order valence-corrected chi connectivity index (χ2v) is 3.98. The summed E-state index contributed by atoms with van der Waals surface area (Å²) in [4.78, 5) is 24.3. The van der Waals surface area contributed by atoms with Crippen molar-refractivity contribution >= 4 is 11.9 Å². The summed E-state index contributed by atoms with van der Waals surface area (Å²) < 4.78 is 5.22. The number of carboxylic acid groups (broad SMARTS) is 1. The zero-order valence-corrected chi connectivity index (χ0v) is 9.20. The van der Waals surface area contributed by atoms with Gasteiger partial charge < -0.3 is 20.2 Å². The Morgan fingerprint density at radius 1 is 1.59 bits per heavy atom. The number of nitrogens with two attached hydrogens (primary N) is 1. The van der Waals surface area contributed by atoms with Crippen molar-refractivity contribution in [2.75, 3.05) is 13.1 Å². The van der Waals surface area contributed by atoms with Crippen molar-refractivity contribution in [2.24, 2.45) is 11.7 Å². The number of furan rings is 1. The van der Waals surface area contributed by atoms with Crippen molar-refractivity contribution in [3.63, 3.8) is 0 Å². The number of likely N-dealkylation sites (tertiary alicyclic amines) is 1. The van der Waals surface area contributed by atoms with E-state index in [2.05, 4.69) is 0 Å². The summed E-state index contributed by atoms with van der Waals surface area (Å²) in [6, 6.07) is 2.82. The maximum atomic E-state index is 11.7. The van der Waals surface area contributed by atoms with Crippen LogP contribution in [0.2, 0.25) is 0 Å². The van der Waals surface area contributed by atoms with Crippen LogP contribution >= 0.6 is 0 Å². The number of rotatable bonds is 3. The molecule has 6 heteroatoms. The molecule has 1 fully saturated rings. The Bertz CT molecular complexity index is 415. The smallest absolute Gasteiger partial charge is 0.309 e. The lowest BCUT2D eigenvalue weighted by Crippen LogP contribution is -2.37. The van der Waals surface area contributed by atoms with Crippen LogP contribution in [0.25, 0.3) is 0 Å². The van der Waals surface area contributed by atoms with E-state index in [-0.39, 0.29) is 12.5 Å². The fraction of sp³-hybridized carbons (Fsp3) is 0.455. The van der Waals surface area contributed by atoms with Gasteiger partial charge in [0.15, 0.2) is 0 Å². The number of aliphatic carboxylic acids is 1. The number of carbonyl (C=O) groups excluding carboxylic acids is 1. The molecule has 2 rings (SSSR count). The van der Waals surface area contributed by atoms with Gasteiger partial charge >= 0.3 is 5.97 Å². The molecule has 2 heterocycles. The summed E-state index contributed by atoms with van der Waals surface area (Å²) in [6.07, 6.45) is 1.89. The van der Waals surface area contributed by atoms with Gasteiger partial charge in [0.25, 0.3) is 0 Å². The van der Waals surface area contributed by atoms with Gasteiger partial charge in [-0.2, -0.15) is 0 Å². The predicted octanol–water partition coefficient (Wildman–Crippen LogP) is 0.213. The van der Waals surface area contributed by atoms with E-state index in [0.29, 0.717) is 18.7 Å². The highest BCUT2D eigenvalue weighted by Gasteiger charge is 2.43. The number of hydrogen-bond acceptors (Lipinski definition) is 4. The molecule has 1 aliphatic heterocycles. The van der Waals surface area contributed by atoms with Crippen molar-refractivity contribution in [2.45, 2.75) is 12.5 Å². The highest BCUT2D eigenvalue weighted by Crippen LogP contribution is 2.37. The van der Waals surface area contributed by atoms with E-state index in [4.69, 9.17) is 15.3 Å². The summed E-state index contributed by atoms with van der Waals surface area (Å²) in [7, 11) is 0. The number of nitrogens with zero attached hydrogens (tertiary/aromatic N) is 1. The molecule has 1 amide bonds. The summed E-state index contributed by atoms with van der Waals surface area (Å²) in [5, 5.41) is 9.14. The summed E-state index contributed by atoms with van der Waals surface area (Å²) in [6.45, 7) is 0.280. The quantitative estimate of drug-likeness (QED) is 0.784. The molecule has 0 spiro atoms. The third kappa shape index (κ3) is 2.03. The van der Waals surface area contributed by atoms with E-state index in [0.717, 1.165) is 0 Å². The first-order chi connectivity index (χ1) is 8.15. The van der Waals surface area contributed by atoms with Crippen molar-refractivity contribution < 1.29 is 19.1 Å². The highest BCUT2D eigenvalue weighted by molar-refractivity contribution is 5.81. The first-order valence-electron chi connectivity index (χ1n) is 5.41. The van der Waals surface area contributed by atoms with Gasteiger partial charge in [0.05, 0.1) is 18.7 Å². The van der Waals surface area contributed by atoms with Crippen molar-refractivity contribution in [1.82, 2.24) is 4.90 Å². The van der Waals surface area contributed by atoms with Crippen molar-refractivity contribution in [3.05, 3.63) is 24.2 Å². The lowest BCUT2D eigenvalue weighted by Gasteiger charge is -2.24. The van der Waals surface area contributed by atoms with Crippen LogP contribution in [0.3, 0.4) is 0 Å². The second kappa shape index (κ2) is 4.58. The van der Waals surface area contributed by atoms with Crippen LogP contribution in [0.5, 0.6) is 0 Å². The van der Waals surface area contributed by atoms with E-state index in [1.54, 1.807) is 12.1 Å². The normalized spacial score (nSPS) is 23.9. The van der Waals surface area contributed by atoms with E-state index < -0.39 is 17.9 Å². The molecular weight excluding hydrogens is 224 g/mol. The zero-order valence-electron chi connectivity index (χ0n) is 9.20. The summed E-state index contributed by atoms with van der Waals surface area (Å²) >= 11 is 0. The van der Waals surface area contributed by atoms with Gasteiger partial charge in [-0.05, 0) is 18.6 Å². The molecular formula is C11H14N2O4. The molecule has 1 aliphatic rings. The molecule has 3 N–H and O–H groups in total. The molecule has 2 atom stereocenters. The lowest BCUT2D eigenvalue weighted by molar-refractivity contribution is -0.143. The Hall–Kier alpha value is -1.82. The van der Waals surface area contributed by atoms with Gasteiger partial charge in [-0.1, -0.05) is 0 Å². The molecule has 1 aromatic heterocycles. The SMILES string of the molecule is NCC(=O)N1CC[C@H](C(=O)O)[C@H]1c1ccco1. The molecule has 0 aliphatic carbocycles. The van der Waals surface area contributed by atoms with E-state index in [9.17, 15) is 9.59 Å². The monoisotopic (exact) mass is 238 g/mol. The average Bonchev–Trinajstić information content (AvgIpc) is 2.95. The Balaban J connectivity index is 2.30. The lowest BCUT2D eigenvalue weighted by atomic mass is 9.98. The van der Waals surface area contributed by atoms with Crippen LogP contribution in [0, 0.1) is 5.92 Å². The maximum absolute atomic E-state index is 11.7. The number of carboxylic acids is 1. The fourth-order valence-corrected chi connectivity index (χ4v) is 2.26. The predicted molar refractivity (Wildman–Crippen MR) is 58.0 cm³/mol. The Morgan fingerprint density at radius 2 is 2.35 bits per heavy atom. The van der Waals surface area contributed by atoms with E-state index >= 15 is 0 Å². The van der Waals surface area contributed by atoms with Gasteiger partial charge in [-0.25, -0.2) is 0 Å². The largest absolute Gasteiger partial charge is 0.481 e. The van der Waals surface area contributed by atoms with Crippen molar-refractivity contribution in [3.8, 4) is 0 Å². The van der Waals surface area contributed by atoms with Gasteiger partial charge in [0.1, 0.15) is 11.8 Å². The zero-order chi connectivity index (χ0) is 12.4. The Labute approximate surface area is 98.0 Å². The Kier molecular flexibility index (Phi) is 3.14. The van der Waals surface area contributed by atoms with Crippen LogP contribution in [0.15, 0.2) is 22.8 Å². The van der Waals surface area contributed by atoms with Gasteiger partial charge in [0, 0.05) is 6.54 Å². The van der Waals surface area contributed by atoms with Gasteiger partial charge in [0.2, 0.25) is 5.91 Å². The topological polar surface area (TPSA) is 96.8 Å². The Morgan fingerprint density at radius 3 is 2.88 bits per heavy atom. The standard InChI is InChI=1S/C11H14N2O4/c12-6-9(14)13-4-3-7(11(15)16)10(13)8-2-1-5-17-8/h1-2,5,7,10H,3-4,6,12H2,(H,15,16)/t7-,10-/m0/s1. The number of amides is 1. The number of hydrogen-bond donors (Lipinski definition) is 2. The first kappa shape index (κ1) is 11.7. The van der Waals surface area contributed by atoms with Gasteiger partial charge in [-0.3, -0.25) is 9.59 Å². The van der Waals surface area contributed by atoms with Crippen LogP contribution in [-0.2, 0) is 9.59 Å². The molecule has 0 radical (unpaired) electrons. The molecule has 0 saturated carbocycles. The van der Waals surface area contributed by atoms with Crippen LogP contribution in [-0.4, -0.2) is 35.0 Å². The van der Waals surface area contributed by atoms with Crippen LogP contribution in [0.1, 0.15) is 18.2 Å². The number of carbonyl (C=O) groups is 2. The molecule has 1 saturated heterocycles. The highest BCUT2D eigenvalue weighted by atomic mass is 16.4. The molecule has 1 aromatic rings. The molecule has 92 valence electrons. The third-order valence-electron chi connectivity index (χ3n) is 3.04. The first-order valence-corrected chi connectivity index (χ1v) is 5.41. The molecule has 6 nitrogen and oxygen atoms in total. The average molecular weight is 238 g/mol. The molecule has 0 aromatic carbocycles. The van der Waals surface area contributed by atoms with Crippen LogP contribution < -0.4 is 5.73 Å². The third-order valence-corrected chi connectivity index (χ3v) is 3.04. The fourth-order valence-electron chi connectivity index (χ4n) is 2.26. The summed E-state index contributed by atoms with van der Waals surface area (Å²) in [5.74, 6) is -1.30. The van der Waals surface area contributed by atoms with E-state index in [1.807, 2.05) is 0 Å². The summed E-state index contributed by atoms with van der Waals surface area (Å²) in [5.41, 5.74) is 5.32. The molecule has 17 heavy (non-hydrogen) atoms.